The van der Waals surface area contributed by atoms with E-state index in [9.17, 15) is 4.79 Å². The highest BCUT2D eigenvalue weighted by molar-refractivity contribution is 5.20. The van der Waals surface area contributed by atoms with Gasteiger partial charge >= 0.3 is 0 Å². The van der Waals surface area contributed by atoms with Crippen molar-refractivity contribution in [2.24, 2.45) is 0 Å². The first kappa shape index (κ1) is 16.4. The van der Waals surface area contributed by atoms with Crippen molar-refractivity contribution in [3.63, 3.8) is 0 Å². The van der Waals surface area contributed by atoms with Gasteiger partial charge in [-0.1, -0.05) is 0 Å². The molecule has 2 aliphatic rings. The third kappa shape index (κ3) is 3.63. The molecule has 6 nitrogen and oxygen atoms in total. The number of rotatable bonds is 4. The predicted molar refractivity (Wildman–Crippen MR) is 95.3 cm³/mol. The highest BCUT2D eigenvalue weighted by Gasteiger charge is 2.26. The fraction of sp³-hybridized carbons (Fsp3) is 0.579. The van der Waals surface area contributed by atoms with Crippen molar-refractivity contribution in [2.45, 2.75) is 64.6 Å². The van der Waals surface area contributed by atoms with Crippen molar-refractivity contribution in [1.29, 1.82) is 0 Å². The molecule has 1 saturated heterocycles. The van der Waals surface area contributed by atoms with Gasteiger partial charge in [0.15, 0.2) is 0 Å². The van der Waals surface area contributed by atoms with E-state index in [1.165, 1.54) is 12.8 Å². The van der Waals surface area contributed by atoms with Gasteiger partial charge in [-0.05, 0) is 57.6 Å². The van der Waals surface area contributed by atoms with Gasteiger partial charge < -0.3 is 0 Å². The number of nitrogens with zero attached hydrogens (tertiary/aromatic N) is 5. The third-order valence-electron chi connectivity index (χ3n) is 5.33. The number of aryl methyl sites for hydroxylation is 3. The quantitative estimate of drug-likeness (QED) is 0.851. The number of aromatic nitrogens is 4. The molecule has 25 heavy (non-hydrogen) atoms. The molecule has 3 heterocycles. The van der Waals surface area contributed by atoms with Gasteiger partial charge in [0, 0.05) is 31.0 Å². The Hall–Kier alpha value is -2.08. The van der Waals surface area contributed by atoms with Crippen LogP contribution in [0.5, 0.6) is 0 Å². The fourth-order valence-corrected chi connectivity index (χ4v) is 4.04. The van der Waals surface area contributed by atoms with Gasteiger partial charge in [-0.25, -0.2) is 4.68 Å². The van der Waals surface area contributed by atoms with Gasteiger partial charge in [0.25, 0.3) is 5.56 Å². The molecule has 6 heteroatoms. The molecule has 0 radical (unpaired) electrons. The fourth-order valence-electron chi connectivity index (χ4n) is 4.04. The zero-order chi connectivity index (χ0) is 17.2. The Bertz CT molecular complexity index is 816. The van der Waals surface area contributed by atoms with Gasteiger partial charge in [-0.3, -0.25) is 19.7 Å². The number of fused-ring (bicyclic) bond motifs is 1. The molecule has 0 spiro atoms. The maximum absolute atomic E-state index is 12.4. The summed E-state index contributed by atoms with van der Waals surface area (Å²) in [6, 6.07) is 2.15. The van der Waals surface area contributed by atoms with Crippen LogP contribution in [-0.4, -0.2) is 37.2 Å². The summed E-state index contributed by atoms with van der Waals surface area (Å²) < 4.78 is 1.69. The summed E-state index contributed by atoms with van der Waals surface area (Å²) in [6.45, 7) is 4.47. The van der Waals surface area contributed by atoms with Crippen LogP contribution >= 0.6 is 0 Å². The predicted octanol–water partition coefficient (Wildman–Crippen LogP) is 1.89. The van der Waals surface area contributed by atoms with Crippen molar-refractivity contribution in [3.05, 3.63) is 51.5 Å². The van der Waals surface area contributed by atoms with Crippen LogP contribution in [0.15, 0.2) is 23.3 Å². The van der Waals surface area contributed by atoms with Crippen LogP contribution in [0.1, 0.15) is 48.3 Å². The van der Waals surface area contributed by atoms with Gasteiger partial charge in [0.2, 0.25) is 0 Å². The van der Waals surface area contributed by atoms with E-state index in [2.05, 4.69) is 20.0 Å². The first-order valence-corrected chi connectivity index (χ1v) is 9.30. The summed E-state index contributed by atoms with van der Waals surface area (Å²) in [4.78, 5) is 23.7. The Morgan fingerprint density at radius 1 is 1.20 bits per heavy atom. The van der Waals surface area contributed by atoms with E-state index in [1.807, 2.05) is 19.2 Å². The Morgan fingerprint density at radius 3 is 2.96 bits per heavy atom. The van der Waals surface area contributed by atoms with E-state index >= 15 is 0 Å². The smallest absolute Gasteiger partial charge is 0.267 e. The van der Waals surface area contributed by atoms with Crippen LogP contribution in [0.4, 0.5) is 0 Å². The lowest BCUT2D eigenvalue weighted by Crippen LogP contribution is -2.37. The zero-order valence-electron chi connectivity index (χ0n) is 14.8. The van der Waals surface area contributed by atoms with Crippen molar-refractivity contribution in [3.8, 4) is 0 Å². The Morgan fingerprint density at radius 2 is 2.08 bits per heavy atom. The minimum atomic E-state index is 0.0443. The minimum absolute atomic E-state index is 0.0443. The highest BCUT2D eigenvalue weighted by atomic mass is 16.1. The van der Waals surface area contributed by atoms with Gasteiger partial charge in [0.1, 0.15) is 0 Å². The largest absolute Gasteiger partial charge is 0.293 e. The van der Waals surface area contributed by atoms with E-state index in [-0.39, 0.29) is 5.56 Å². The molecule has 0 amide bonds. The molecule has 0 aromatic carbocycles. The molecule has 2 aromatic heterocycles. The summed E-state index contributed by atoms with van der Waals surface area (Å²) in [6.07, 6.45) is 10.2. The van der Waals surface area contributed by atoms with Crippen LogP contribution in [0, 0.1) is 6.92 Å². The second-order valence-electron chi connectivity index (χ2n) is 7.26. The third-order valence-corrected chi connectivity index (χ3v) is 5.33. The average molecular weight is 339 g/mol. The van der Waals surface area contributed by atoms with Crippen molar-refractivity contribution in [1.82, 2.24) is 24.6 Å². The number of hydrogen-bond donors (Lipinski definition) is 0. The topological polar surface area (TPSA) is 63.9 Å². The average Bonchev–Trinajstić information content (AvgIpc) is 3.02. The van der Waals surface area contributed by atoms with E-state index in [4.69, 9.17) is 0 Å². The maximum Gasteiger partial charge on any atom is 0.267 e. The van der Waals surface area contributed by atoms with E-state index < -0.39 is 0 Å². The molecule has 0 N–H and O–H groups in total. The summed E-state index contributed by atoms with van der Waals surface area (Å²) in [5, 5.41) is 4.68. The summed E-state index contributed by atoms with van der Waals surface area (Å²) in [5.41, 5.74) is 4.27. The zero-order valence-corrected chi connectivity index (χ0v) is 14.8. The lowest BCUT2D eigenvalue weighted by Gasteiger charge is -2.25. The van der Waals surface area contributed by atoms with E-state index in [0.29, 0.717) is 12.6 Å². The molecule has 2 aromatic rings. The van der Waals surface area contributed by atoms with Gasteiger partial charge in [-0.15, -0.1) is 0 Å². The van der Waals surface area contributed by atoms with Crippen LogP contribution < -0.4 is 5.56 Å². The SMILES string of the molecule is Cc1cncc(CN2CCCC2Cn2nc3c(cc2=O)CCCC3)n1. The van der Waals surface area contributed by atoms with Crippen molar-refractivity contribution in [2.75, 3.05) is 6.54 Å². The highest BCUT2D eigenvalue weighted by Crippen LogP contribution is 2.21. The van der Waals surface area contributed by atoms with Crippen molar-refractivity contribution >= 4 is 0 Å². The van der Waals surface area contributed by atoms with Gasteiger partial charge in [0.05, 0.1) is 23.6 Å². The van der Waals surface area contributed by atoms with Crippen LogP contribution in [0.25, 0.3) is 0 Å². The monoisotopic (exact) mass is 339 g/mol. The summed E-state index contributed by atoms with van der Waals surface area (Å²) in [5.74, 6) is 0. The Labute approximate surface area is 147 Å². The second-order valence-corrected chi connectivity index (χ2v) is 7.26. The first-order valence-electron chi connectivity index (χ1n) is 9.30. The van der Waals surface area contributed by atoms with Crippen LogP contribution in [0.3, 0.4) is 0 Å². The molecular formula is C19H25N5O. The number of likely N-dealkylation sites (tertiary alicyclic amines) is 1. The minimum Gasteiger partial charge on any atom is -0.293 e. The van der Waals surface area contributed by atoms with Gasteiger partial charge in [-0.2, -0.15) is 5.10 Å². The Kier molecular flexibility index (Phi) is 4.61. The molecule has 0 saturated carbocycles. The molecule has 0 bridgehead atoms. The van der Waals surface area contributed by atoms with E-state index in [0.717, 1.165) is 61.4 Å². The maximum atomic E-state index is 12.4. The normalized spacial score (nSPS) is 20.6. The lowest BCUT2D eigenvalue weighted by molar-refractivity contribution is 0.213. The molecule has 4 rings (SSSR count). The summed E-state index contributed by atoms with van der Waals surface area (Å²) in [7, 11) is 0. The molecule has 1 unspecified atom stereocenters. The first-order chi connectivity index (χ1) is 12.2. The lowest BCUT2D eigenvalue weighted by atomic mass is 9.97. The molecular weight excluding hydrogens is 314 g/mol. The molecule has 132 valence electrons. The summed E-state index contributed by atoms with van der Waals surface area (Å²) >= 11 is 0. The Balaban J connectivity index is 1.50. The molecule has 1 fully saturated rings. The standard InChI is InChI=1S/C19H25N5O/c1-14-10-20-11-16(21-14)12-23-8-4-6-17(23)13-24-19(25)9-15-5-2-3-7-18(15)22-24/h9-11,17H,2-8,12-13H2,1H3. The van der Waals surface area contributed by atoms with Crippen LogP contribution in [-0.2, 0) is 25.9 Å². The van der Waals surface area contributed by atoms with Crippen molar-refractivity contribution < 1.29 is 0 Å². The van der Waals surface area contributed by atoms with E-state index in [1.54, 1.807) is 10.9 Å². The number of hydrogen-bond acceptors (Lipinski definition) is 5. The molecule has 1 aliphatic carbocycles. The molecule has 1 aliphatic heterocycles. The molecule has 1 atom stereocenters. The van der Waals surface area contributed by atoms with Crippen LogP contribution in [0.2, 0.25) is 0 Å². The second kappa shape index (κ2) is 7.04.